The molecule has 1 aromatic carbocycles. The van der Waals surface area contributed by atoms with Crippen LogP contribution in [0.25, 0.3) is 0 Å². The van der Waals surface area contributed by atoms with Gasteiger partial charge in [-0.25, -0.2) is 4.79 Å². The molecule has 3 nitrogen and oxygen atoms in total. The van der Waals surface area contributed by atoms with Gasteiger partial charge < -0.3 is 10.0 Å². The number of para-hydroxylation sites is 1. The highest BCUT2D eigenvalue weighted by molar-refractivity contribution is 8.12. The van der Waals surface area contributed by atoms with Crippen LogP contribution in [0.3, 0.4) is 0 Å². The molecule has 0 aromatic heterocycles. The Labute approximate surface area is 107 Å². The van der Waals surface area contributed by atoms with Crippen LogP contribution in [0.5, 0.6) is 0 Å². The summed E-state index contributed by atoms with van der Waals surface area (Å²) in [7, 11) is 2.05. The van der Waals surface area contributed by atoms with E-state index in [9.17, 15) is 4.79 Å². The third-order valence-electron chi connectivity index (χ3n) is 2.39. The molecule has 0 bridgehead atoms. The lowest BCUT2D eigenvalue weighted by atomic mass is 10.1. The number of hydrogen-bond acceptors (Lipinski definition) is 3. The highest BCUT2D eigenvalue weighted by atomic mass is 32.2. The second-order valence-electron chi connectivity index (χ2n) is 4.46. The molecule has 0 aliphatic carbocycles. The molecule has 0 atom stereocenters. The van der Waals surface area contributed by atoms with Gasteiger partial charge in [0.2, 0.25) is 0 Å². The molecular formula is C13H19NO2S. The number of carboxylic acid groups (broad SMARTS) is 1. The largest absolute Gasteiger partial charge is 0.473 e. The first-order chi connectivity index (χ1) is 8.00. The van der Waals surface area contributed by atoms with Gasteiger partial charge in [0.15, 0.2) is 0 Å². The smallest absolute Gasteiger partial charge is 0.365 e. The van der Waals surface area contributed by atoms with Crippen molar-refractivity contribution >= 4 is 22.8 Å². The first-order valence-corrected chi connectivity index (χ1v) is 6.64. The number of carbonyl (C=O) groups is 1. The maximum Gasteiger partial charge on any atom is 0.365 e. The number of anilines is 1. The molecule has 0 aliphatic rings. The van der Waals surface area contributed by atoms with E-state index in [1.54, 1.807) is 0 Å². The van der Waals surface area contributed by atoms with Crippen LogP contribution in [0.2, 0.25) is 0 Å². The van der Waals surface area contributed by atoms with Crippen molar-refractivity contribution in [2.24, 2.45) is 5.92 Å². The molecule has 0 unspecified atom stereocenters. The molecule has 0 spiro atoms. The van der Waals surface area contributed by atoms with Crippen molar-refractivity contribution in [1.82, 2.24) is 0 Å². The van der Waals surface area contributed by atoms with Crippen molar-refractivity contribution in [3.8, 4) is 0 Å². The van der Waals surface area contributed by atoms with Crippen LogP contribution in [0.15, 0.2) is 24.3 Å². The van der Waals surface area contributed by atoms with E-state index < -0.39 is 5.30 Å². The van der Waals surface area contributed by atoms with Crippen molar-refractivity contribution < 1.29 is 9.90 Å². The van der Waals surface area contributed by atoms with E-state index in [4.69, 9.17) is 5.11 Å². The van der Waals surface area contributed by atoms with E-state index in [2.05, 4.69) is 18.7 Å². The predicted molar refractivity (Wildman–Crippen MR) is 73.9 cm³/mol. The SMILES string of the molecule is CC(C)CN(C)c1ccccc1CSC(=O)O. The molecule has 0 amide bonds. The fraction of sp³-hybridized carbons (Fsp3) is 0.462. The maximum absolute atomic E-state index is 10.6. The van der Waals surface area contributed by atoms with E-state index in [0.29, 0.717) is 11.7 Å². The minimum atomic E-state index is -0.827. The Kier molecular flexibility index (Phi) is 5.35. The van der Waals surface area contributed by atoms with Crippen molar-refractivity contribution in [3.05, 3.63) is 29.8 Å². The summed E-state index contributed by atoms with van der Waals surface area (Å²) >= 11 is 0.925. The molecule has 0 saturated heterocycles. The minimum Gasteiger partial charge on any atom is -0.473 e. The van der Waals surface area contributed by atoms with Gasteiger partial charge in [-0.05, 0) is 29.3 Å². The van der Waals surface area contributed by atoms with Gasteiger partial charge in [0, 0.05) is 25.0 Å². The monoisotopic (exact) mass is 253 g/mol. The standard InChI is InChI=1S/C13H19NO2S/c1-10(2)8-14(3)12-7-5-4-6-11(12)9-17-13(15)16/h4-7,10H,8-9H2,1-3H3,(H,15,16). The van der Waals surface area contributed by atoms with E-state index in [0.717, 1.165) is 29.6 Å². The second kappa shape index (κ2) is 6.55. The zero-order valence-electron chi connectivity index (χ0n) is 10.5. The van der Waals surface area contributed by atoms with E-state index in [1.165, 1.54) is 0 Å². The Morgan fingerprint density at radius 1 is 1.41 bits per heavy atom. The molecule has 0 radical (unpaired) electrons. The highest BCUT2D eigenvalue weighted by Gasteiger charge is 2.09. The maximum atomic E-state index is 10.6. The highest BCUT2D eigenvalue weighted by Crippen LogP contribution is 2.24. The van der Waals surface area contributed by atoms with Crippen LogP contribution in [0, 0.1) is 5.92 Å². The summed E-state index contributed by atoms with van der Waals surface area (Å²) in [6.45, 7) is 5.31. The Morgan fingerprint density at radius 3 is 2.65 bits per heavy atom. The minimum absolute atomic E-state index is 0.508. The molecule has 1 rings (SSSR count). The van der Waals surface area contributed by atoms with Gasteiger partial charge >= 0.3 is 5.30 Å². The fourth-order valence-corrected chi connectivity index (χ4v) is 2.31. The van der Waals surface area contributed by atoms with Gasteiger partial charge in [-0.2, -0.15) is 0 Å². The normalized spacial score (nSPS) is 10.6. The lowest BCUT2D eigenvalue weighted by molar-refractivity contribution is 0.222. The van der Waals surface area contributed by atoms with Crippen molar-refractivity contribution in [2.75, 3.05) is 18.5 Å². The summed E-state index contributed by atoms with van der Waals surface area (Å²) in [5.74, 6) is 1.09. The lowest BCUT2D eigenvalue weighted by Crippen LogP contribution is -2.23. The number of rotatable bonds is 5. The lowest BCUT2D eigenvalue weighted by Gasteiger charge is -2.24. The van der Waals surface area contributed by atoms with Crippen LogP contribution in [0.1, 0.15) is 19.4 Å². The predicted octanol–water partition coefficient (Wildman–Crippen LogP) is 3.69. The van der Waals surface area contributed by atoms with E-state index in [-0.39, 0.29) is 0 Å². The van der Waals surface area contributed by atoms with Crippen LogP contribution >= 0.6 is 11.8 Å². The molecular weight excluding hydrogens is 234 g/mol. The topological polar surface area (TPSA) is 40.5 Å². The number of nitrogens with zero attached hydrogens (tertiary/aromatic N) is 1. The van der Waals surface area contributed by atoms with Gasteiger partial charge in [0.05, 0.1) is 0 Å². The van der Waals surface area contributed by atoms with Gasteiger partial charge in [0.25, 0.3) is 0 Å². The van der Waals surface area contributed by atoms with Crippen LogP contribution in [-0.4, -0.2) is 24.0 Å². The molecule has 4 heteroatoms. The summed E-state index contributed by atoms with van der Waals surface area (Å²) in [6.07, 6.45) is 0. The Bertz CT molecular complexity index is 379. The Hall–Kier alpha value is -1.16. The summed E-state index contributed by atoms with van der Waals surface area (Å²) in [5.41, 5.74) is 2.19. The third kappa shape index (κ3) is 4.69. The van der Waals surface area contributed by atoms with Gasteiger partial charge in [0.1, 0.15) is 0 Å². The summed E-state index contributed by atoms with van der Waals surface area (Å²) in [6, 6.07) is 7.97. The van der Waals surface area contributed by atoms with Gasteiger partial charge in [-0.3, -0.25) is 0 Å². The molecule has 94 valence electrons. The van der Waals surface area contributed by atoms with Gasteiger partial charge in [-0.1, -0.05) is 32.0 Å². The van der Waals surface area contributed by atoms with Crippen LogP contribution in [0.4, 0.5) is 10.5 Å². The quantitative estimate of drug-likeness (QED) is 0.868. The zero-order chi connectivity index (χ0) is 12.8. The molecule has 17 heavy (non-hydrogen) atoms. The summed E-state index contributed by atoms with van der Waals surface area (Å²) in [5, 5.41) is 7.87. The average Bonchev–Trinajstić information content (AvgIpc) is 2.25. The van der Waals surface area contributed by atoms with E-state index in [1.807, 2.05) is 31.3 Å². The van der Waals surface area contributed by atoms with Gasteiger partial charge in [-0.15, -0.1) is 0 Å². The first-order valence-electron chi connectivity index (χ1n) is 5.65. The van der Waals surface area contributed by atoms with Crippen LogP contribution in [-0.2, 0) is 5.75 Å². The first kappa shape index (κ1) is 13.9. The second-order valence-corrected chi connectivity index (χ2v) is 5.38. The van der Waals surface area contributed by atoms with Crippen molar-refractivity contribution in [3.63, 3.8) is 0 Å². The fourth-order valence-electron chi connectivity index (χ4n) is 1.79. The summed E-state index contributed by atoms with van der Waals surface area (Å²) in [4.78, 5) is 12.8. The molecule has 0 saturated carbocycles. The number of benzene rings is 1. The van der Waals surface area contributed by atoms with Crippen LogP contribution < -0.4 is 4.90 Å². The molecule has 1 aromatic rings. The molecule has 0 heterocycles. The van der Waals surface area contributed by atoms with Crippen molar-refractivity contribution in [2.45, 2.75) is 19.6 Å². The molecule has 0 fully saturated rings. The Morgan fingerprint density at radius 2 is 2.06 bits per heavy atom. The van der Waals surface area contributed by atoms with Crippen molar-refractivity contribution in [1.29, 1.82) is 0 Å². The third-order valence-corrected chi connectivity index (χ3v) is 3.10. The summed E-state index contributed by atoms with van der Waals surface area (Å²) < 4.78 is 0. The zero-order valence-corrected chi connectivity index (χ0v) is 11.3. The molecule has 0 aliphatic heterocycles. The number of hydrogen-bond donors (Lipinski definition) is 1. The van der Waals surface area contributed by atoms with E-state index >= 15 is 0 Å². The number of thioether (sulfide) groups is 1. The molecule has 1 N–H and O–H groups in total. The average molecular weight is 253 g/mol. The Balaban J connectivity index is 2.79.